The molecule has 1 aliphatic carbocycles. The van der Waals surface area contributed by atoms with Crippen molar-refractivity contribution in [2.75, 3.05) is 7.05 Å². The molecule has 0 aliphatic heterocycles. The predicted octanol–water partition coefficient (Wildman–Crippen LogP) is 2.80. The van der Waals surface area contributed by atoms with Gasteiger partial charge in [-0.2, -0.15) is 0 Å². The summed E-state index contributed by atoms with van der Waals surface area (Å²) in [5.41, 5.74) is 3.26. The molecule has 2 N–H and O–H groups in total. The number of rotatable bonds is 5. The van der Waals surface area contributed by atoms with Crippen LogP contribution in [0.5, 0.6) is 0 Å². The number of sulfonamides is 1. The van der Waals surface area contributed by atoms with E-state index in [0.29, 0.717) is 0 Å². The zero-order chi connectivity index (χ0) is 18.6. The average Bonchev–Trinajstić information content (AvgIpc) is 2.67. The molecular formula is C20H22N2O3S. The zero-order valence-corrected chi connectivity index (χ0v) is 15.4. The molecule has 0 saturated carbocycles. The third kappa shape index (κ3) is 4.20. The Morgan fingerprint density at radius 1 is 1.12 bits per heavy atom. The maximum atomic E-state index is 12.3. The Morgan fingerprint density at radius 2 is 1.85 bits per heavy atom. The molecule has 0 radical (unpaired) electrons. The van der Waals surface area contributed by atoms with Crippen molar-refractivity contribution < 1.29 is 13.2 Å². The summed E-state index contributed by atoms with van der Waals surface area (Å²) in [5, 5.41) is 3.06. The van der Waals surface area contributed by atoms with Crippen LogP contribution < -0.4 is 10.0 Å². The number of carbonyl (C=O) groups is 1. The zero-order valence-electron chi connectivity index (χ0n) is 14.6. The third-order valence-electron chi connectivity index (χ3n) is 4.57. The van der Waals surface area contributed by atoms with Crippen molar-refractivity contribution >= 4 is 22.0 Å². The van der Waals surface area contributed by atoms with E-state index in [1.807, 2.05) is 12.1 Å². The Hall–Kier alpha value is -2.44. The van der Waals surface area contributed by atoms with Gasteiger partial charge in [0.1, 0.15) is 0 Å². The maximum Gasteiger partial charge on any atom is 0.244 e. The van der Waals surface area contributed by atoms with Gasteiger partial charge < -0.3 is 5.32 Å². The molecule has 0 fully saturated rings. The van der Waals surface area contributed by atoms with Crippen molar-refractivity contribution in [1.82, 2.24) is 10.0 Å². The summed E-state index contributed by atoms with van der Waals surface area (Å²) in [6.45, 7) is 0. The van der Waals surface area contributed by atoms with Crippen molar-refractivity contribution in [2.45, 2.75) is 30.2 Å². The first-order valence-corrected chi connectivity index (χ1v) is 10.1. The fraction of sp³-hybridized carbons (Fsp3) is 0.250. The largest absolute Gasteiger partial charge is 0.346 e. The molecular weight excluding hydrogens is 348 g/mol. The molecule has 0 heterocycles. The van der Waals surface area contributed by atoms with Gasteiger partial charge in [0.25, 0.3) is 0 Å². The number of nitrogens with one attached hydrogen (secondary N) is 2. The molecule has 2 aromatic carbocycles. The number of hydrogen-bond acceptors (Lipinski definition) is 3. The molecule has 3 rings (SSSR count). The van der Waals surface area contributed by atoms with Gasteiger partial charge in [-0.05, 0) is 61.2 Å². The molecule has 1 aliphatic rings. The van der Waals surface area contributed by atoms with E-state index in [9.17, 15) is 13.2 Å². The molecule has 2 aromatic rings. The van der Waals surface area contributed by atoms with Crippen molar-refractivity contribution in [2.24, 2.45) is 0 Å². The normalized spacial score (nSPS) is 17.0. The van der Waals surface area contributed by atoms with E-state index in [2.05, 4.69) is 22.2 Å². The van der Waals surface area contributed by atoms with Crippen LogP contribution in [0.1, 0.15) is 35.6 Å². The van der Waals surface area contributed by atoms with E-state index in [-0.39, 0.29) is 16.8 Å². The SMILES string of the molecule is CNS(=O)(=O)c1ccc(/C=C/C(=O)NC2CCCc3ccccc32)cc1. The standard InChI is InChI=1S/C20H22N2O3S/c1-21-26(24,25)17-12-9-15(10-13-17)11-14-20(23)22-19-8-4-6-16-5-2-3-7-18(16)19/h2-3,5,7,9-14,19,21H,4,6,8H2,1H3,(H,22,23)/b14-11+. The Bertz CT molecular complexity index is 918. The molecule has 1 amide bonds. The van der Waals surface area contributed by atoms with E-state index >= 15 is 0 Å². The first-order valence-electron chi connectivity index (χ1n) is 8.59. The van der Waals surface area contributed by atoms with Gasteiger partial charge >= 0.3 is 0 Å². The van der Waals surface area contributed by atoms with Crippen LogP contribution >= 0.6 is 0 Å². The summed E-state index contributed by atoms with van der Waals surface area (Å²) in [7, 11) is -2.08. The Kier molecular flexibility index (Phi) is 5.54. The number of carbonyl (C=O) groups excluding carboxylic acids is 1. The molecule has 26 heavy (non-hydrogen) atoms. The number of hydrogen-bond donors (Lipinski definition) is 2. The molecule has 0 saturated heterocycles. The Morgan fingerprint density at radius 3 is 2.58 bits per heavy atom. The number of fused-ring (bicyclic) bond motifs is 1. The Labute approximate surface area is 154 Å². The predicted molar refractivity (Wildman–Crippen MR) is 102 cm³/mol. The molecule has 136 valence electrons. The van der Waals surface area contributed by atoms with E-state index < -0.39 is 10.0 Å². The first-order chi connectivity index (χ1) is 12.5. The summed E-state index contributed by atoms with van der Waals surface area (Å²) >= 11 is 0. The second kappa shape index (κ2) is 7.85. The van der Waals surface area contributed by atoms with Crippen LogP contribution in [-0.4, -0.2) is 21.4 Å². The van der Waals surface area contributed by atoms with Gasteiger partial charge in [-0.25, -0.2) is 13.1 Å². The maximum absolute atomic E-state index is 12.3. The van der Waals surface area contributed by atoms with Gasteiger partial charge in [0.2, 0.25) is 15.9 Å². The molecule has 0 bridgehead atoms. The summed E-state index contributed by atoms with van der Waals surface area (Å²) < 4.78 is 25.7. The smallest absolute Gasteiger partial charge is 0.244 e. The topological polar surface area (TPSA) is 75.3 Å². The van der Waals surface area contributed by atoms with Crippen molar-refractivity contribution in [3.05, 3.63) is 71.3 Å². The molecule has 5 nitrogen and oxygen atoms in total. The summed E-state index contributed by atoms with van der Waals surface area (Å²) in [6.07, 6.45) is 6.22. The quantitative estimate of drug-likeness (QED) is 0.795. The van der Waals surface area contributed by atoms with Crippen LogP contribution in [0.15, 0.2) is 59.5 Å². The van der Waals surface area contributed by atoms with Crippen molar-refractivity contribution in [3.63, 3.8) is 0 Å². The fourth-order valence-corrected chi connectivity index (χ4v) is 3.90. The van der Waals surface area contributed by atoms with Crippen molar-refractivity contribution in [3.8, 4) is 0 Å². The fourth-order valence-electron chi connectivity index (χ4n) is 3.17. The highest BCUT2D eigenvalue weighted by molar-refractivity contribution is 7.89. The van der Waals surface area contributed by atoms with Gasteiger partial charge in [0.15, 0.2) is 0 Å². The van der Waals surface area contributed by atoms with Gasteiger partial charge in [-0.3, -0.25) is 4.79 Å². The van der Waals surface area contributed by atoms with E-state index in [1.165, 1.54) is 36.4 Å². The van der Waals surface area contributed by atoms with Gasteiger partial charge in [-0.15, -0.1) is 0 Å². The van der Waals surface area contributed by atoms with Crippen LogP contribution in [0.2, 0.25) is 0 Å². The minimum Gasteiger partial charge on any atom is -0.346 e. The minimum atomic E-state index is -3.45. The van der Waals surface area contributed by atoms with E-state index in [1.54, 1.807) is 18.2 Å². The Balaban J connectivity index is 1.65. The highest BCUT2D eigenvalue weighted by Gasteiger charge is 2.20. The van der Waals surface area contributed by atoms with Crippen LogP contribution in [-0.2, 0) is 21.2 Å². The third-order valence-corrected chi connectivity index (χ3v) is 6.00. The second-order valence-electron chi connectivity index (χ2n) is 6.26. The second-order valence-corrected chi connectivity index (χ2v) is 8.15. The highest BCUT2D eigenvalue weighted by Crippen LogP contribution is 2.29. The lowest BCUT2D eigenvalue weighted by molar-refractivity contribution is -0.117. The lowest BCUT2D eigenvalue weighted by Gasteiger charge is -2.25. The minimum absolute atomic E-state index is 0.0419. The highest BCUT2D eigenvalue weighted by atomic mass is 32.2. The summed E-state index contributed by atoms with van der Waals surface area (Å²) in [6, 6.07) is 14.6. The van der Waals surface area contributed by atoms with Crippen LogP contribution in [0, 0.1) is 0 Å². The molecule has 6 heteroatoms. The van der Waals surface area contributed by atoms with Crippen molar-refractivity contribution in [1.29, 1.82) is 0 Å². The monoisotopic (exact) mass is 370 g/mol. The summed E-state index contributed by atoms with van der Waals surface area (Å²) in [5.74, 6) is -0.154. The number of benzene rings is 2. The lowest BCUT2D eigenvalue weighted by Crippen LogP contribution is -2.29. The number of amides is 1. The molecule has 0 aromatic heterocycles. The van der Waals surface area contributed by atoms with Crippen LogP contribution in [0.3, 0.4) is 0 Å². The van der Waals surface area contributed by atoms with Gasteiger partial charge in [0, 0.05) is 6.08 Å². The lowest BCUT2D eigenvalue weighted by atomic mass is 9.88. The van der Waals surface area contributed by atoms with Crippen LogP contribution in [0.25, 0.3) is 6.08 Å². The molecule has 1 atom stereocenters. The van der Waals surface area contributed by atoms with Gasteiger partial charge in [-0.1, -0.05) is 36.4 Å². The van der Waals surface area contributed by atoms with E-state index in [4.69, 9.17) is 0 Å². The first kappa shape index (κ1) is 18.4. The van der Waals surface area contributed by atoms with E-state index in [0.717, 1.165) is 24.8 Å². The average molecular weight is 370 g/mol. The molecule has 0 spiro atoms. The molecule has 1 unspecified atom stereocenters. The summed E-state index contributed by atoms with van der Waals surface area (Å²) in [4.78, 5) is 12.5. The van der Waals surface area contributed by atoms with Crippen LogP contribution in [0.4, 0.5) is 0 Å². The number of aryl methyl sites for hydroxylation is 1. The van der Waals surface area contributed by atoms with Gasteiger partial charge in [0.05, 0.1) is 10.9 Å².